The number of nitrogens with one attached hydrogen (secondary N) is 1. The summed E-state index contributed by atoms with van der Waals surface area (Å²) >= 11 is 1.66. The summed E-state index contributed by atoms with van der Waals surface area (Å²) in [5.41, 5.74) is 1.04. The van der Waals surface area contributed by atoms with E-state index in [1.165, 1.54) is 0 Å². The van der Waals surface area contributed by atoms with Crippen LogP contribution in [-0.4, -0.2) is 17.1 Å². The lowest BCUT2D eigenvalue weighted by Crippen LogP contribution is -2.02. The van der Waals surface area contributed by atoms with Gasteiger partial charge in [-0.25, -0.2) is 9.97 Å². The Labute approximate surface area is 121 Å². The van der Waals surface area contributed by atoms with E-state index in [0.717, 1.165) is 33.0 Å². The fourth-order valence-corrected chi connectivity index (χ4v) is 2.77. The largest absolute Gasteiger partial charge is 0.496 e. The van der Waals surface area contributed by atoms with Gasteiger partial charge in [-0.05, 0) is 19.1 Å². The van der Waals surface area contributed by atoms with E-state index in [2.05, 4.69) is 20.7 Å². The van der Waals surface area contributed by atoms with E-state index in [4.69, 9.17) is 4.74 Å². The van der Waals surface area contributed by atoms with Gasteiger partial charge >= 0.3 is 0 Å². The molecule has 2 heterocycles. The molecule has 0 unspecified atom stereocenters. The van der Waals surface area contributed by atoms with Crippen LogP contribution in [0.4, 0.5) is 5.82 Å². The molecule has 0 aliphatic heterocycles. The Kier molecular flexibility index (Phi) is 3.52. The molecule has 0 saturated carbocycles. The number of rotatable bonds is 4. The number of thiazole rings is 1. The van der Waals surface area contributed by atoms with Crippen molar-refractivity contribution in [2.45, 2.75) is 13.5 Å². The number of methoxy groups -OCH3 is 1. The van der Waals surface area contributed by atoms with Gasteiger partial charge in [-0.1, -0.05) is 12.1 Å². The maximum atomic E-state index is 5.38. The van der Waals surface area contributed by atoms with E-state index >= 15 is 0 Å². The predicted octanol–water partition coefficient (Wildman–Crippen LogP) is 3.62. The molecule has 20 heavy (non-hydrogen) atoms. The highest BCUT2D eigenvalue weighted by Gasteiger charge is 2.06. The van der Waals surface area contributed by atoms with Gasteiger partial charge in [-0.15, -0.1) is 11.3 Å². The minimum Gasteiger partial charge on any atom is -0.496 e. The van der Waals surface area contributed by atoms with Crippen molar-refractivity contribution in [3.05, 3.63) is 46.5 Å². The van der Waals surface area contributed by atoms with Crippen molar-refractivity contribution in [1.29, 1.82) is 0 Å². The van der Waals surface area contributed by atoms with E-state index < -0.39 is 0 Å². The molecule has 2 aromatic heterocycles. The van der Waals surface area contributed by atoms with Crippen LogP contribution in [-0.2, 0) is 6.54 Å². The van der Waals surface area contributed by atoms with Gasteiger partial charge in [0.2, 0.25) is 0 Å². The minimum atomic E-state index is 0.674. The Morgan fingerprint density at radius 3 is 2.90 bits per heavy atom. The summed E-state index contributed by atoms with van der Waals surface area (Å²) in [6, 6.07) is 7.93. The monoisotopic (exact) mass is 285 g/mol. The van der Waals surface area contributed by atoms with Crippen molar-refractivity contribution in [3.8, 4) is 5.75 Å². The molecule has 0 aliphatic rings. The Balaban J connectivity index is 1.91. The highest BCUT2D eigenvalue weighted by Crippen LogP contribution is 2.29. The molecule has 3 aromatic rings. The summed E-state index contributed by atoms with van der Waals surface area (Å²) in [5, 5.41) is 8.60. The third-order valence-corrected chi connectivity index (χ3v) is 3.91. The van der Waals surface area contributed by atoms with Gasteiger partial charge in [-0.3, -0.25) is 0 Å². The number of aromatic nitrogens is 2. The molecule has 0 spiro atoms. The van der Waals surface area contributed by atoms with Crippen LogP contribution in [0.3, 0.4) is 0 Å². The quantitative estimate of drug-likeness (QED) is 0.795. The van der Waals surface area contributed by atoms with Crippen molar-refractivity contribution < 1.29 is 4.74 Å². The number of hydrogen-bond acceptors (Lipinski definition) is 5. The Bertz CT molecular complexity index is 739. The molecule has 0 amide bonds. The molecular formula is C15H15N3OS. The highest BCUT2D eigenvalue weighted by molar-refractivity contribution is 7.09. The fraction of sp³-hybridized carbons (Fsp3) is 0.200. The van der Waals surface area contributed by atoms with Crippen molar-refractivity contribution >= 4 is 27.9 Å². The maximum Gasteiger partial charge on any atom is 0.134 e. The molecule has 0 radical (unpaired) electrons. The van der Waals surface area contributed by atoms with E-state index in [0.29, 0.717) is 6.54 Å². The molecule has 102 valence electrons. The second kappa shape index (κ2) is 5.46. The third kappa shape index (κ3) is 2.44. The summed E-state index contributed by atoms with van der Waals surface area (Å²) in [6.07, 6.45) is 1.79. The molecule has 4 nitrogen and oxygen atoms in total. The number of ether oxygens (including phenoxy) is 1. The summed E-state index contributed by atoms with van der Waals surface area (Å²) in [4.78, 5) is 8.86. The number of pyridine rings is 1. The number of benzene rings is 1. The van der Waals surface area contributed by atoms with Crippen LogP contribution >= 0.6 is 11.3 Å². The molecule has 0 saturated heterocycles. The normalized spacial score (nSPS) is 10.7. The number of anilines is 1. The van der Waals surface area contributed by atoms with Gasteiger partial charge in [0.05, 0.1) is 24.4 Å². The van der Waals surface area contributed by atoms with Crippen LogP contribution in [0.5, 0.6) is 5.75 Å². The second-order valence-electron chi connectivity index (χ2n) is 4.43. The molecule has 0 aliphatic carbocycles. The minimum absolute atomic E-state index is 0.674. The summed E-state index contributed by atoms with van der Waals surface area (Å²) in [6.45, 7) is 2.68. The maximum absolute atomic E-state index is 5.38. The molecule has 0 bridgehead atoms. The van der Waals surface area contributed by atoms with E-state index in [1.54, 1.807) is 24.6 Å². The first-order chi connectivity index (χ1) is 9.78. The molecular weight excluding hydrogens is 270 g/mol. The van der Waals surface area contributed by atoms with Crippen LogP contribution in [0.1, 0.15) is 10.7 Å². The Hall–Kier alpha value is -2.14. The lowest BCUT2D eigenvalue weighted by Gasteiger charge is -2.10. The van der Waals surface area contributed by atoms with Crippen molar-refractivity contribution in [1.82, 2.24) is 9.97 Å². The molecule has 1 aromatic carbocycles. The van der Waals surface area contributed by atoms with E-state index in [9.17, 15) is 0 Å². The van der Waals surface area contributed by atoms with Crippen molar-refractivity contribution in [2.75, 3.05) is 12.4 Å². The second-order valence-corrected chi connectivity index (χ2v) is 5.49. The Morgan fingerprint density at radius 2 is 2.15 bits per heavy atom. The first-order valence-electron chi connectivity index (χ1n) is 6.34. The van der Waals surface area contributed by atoms with Crippen LogP contribution in [0.25, 0.3) is 10.8 Å². The molecule has 3 rings (SSSR count). The van der Waals surface area contributed by atoms with Gasteiger partial charge in [0, 0.05) is 22.3 Å². The molecule has 0 atom stereocenters. The van der Waals surface area contributed by atoms with Gasteiger partial charge in [0.15, 0.2) is 0 Å². The topological polar surface area (TPSA) is 47.0 Å². The van der Waals surface area contributed by atoms with Gasteiger partial charge < -0.3 is 10.1 Å². The fourth-order valence-electron chi connectivity index (χ4n) is 2.16. The zero-order valence-electron chi connectivity index (χ0n) is 11.4. The van der Waals surface area contributed by atoms with Crippen LogP contribution in [0.15, 0.2) is 35.8 Å². The molecule has 1 N–H and O–H groups in total. The van der Waals surface area contributed by atoms with E-state index in [-0.39, 0.29) is 0 Å². The van der Waals surface area contributed by atoms with Gasteiger partial charge in [-0.2, -0.15) is 0 Å². The average molecular weight is 285 g/mol. The zero-order chi connectivity index (χ0) is 13.9. The average Bonchev–Trinajstić information content (AvgIpc) is 2.90. The number of fused-ring (bicyclic) bond motifs is 1. The SMILES string of the molecule is COc1cccc2c(NCc3csc(C)n3)nccc12. The van der Waals surface area contributed by atoms with Crippen molar-refractivity contribution in [3.63, 3.8) is 0 Å². The summed E-state index contributed by atoms with van der Waals surface area (Å²) in [7, 11) is 1.68. The molecule has 5 heteroatoms. The lowest BCUT2D eigenvalue weighted by molar-refractivity contribution is 0.420. The summed E-state index contributed by atoms with van der Waals surface area (Å²) < 4.78 is 5.38. The van der Waals surface area contributed by atoms with Crippen LogP contribution < -0.4 is 10.1 Å². The zero-order valence-corrected chi connectivity index (χ0v) is 12.2. The van der Waals surface area contributed by atoms with Gasteiger partial charge in [0.25, 0.3) is 0 Å². The van der Waals surface area contributed by atoms with E-state index in [1.807, 2.05) is 31.2 Å². The van der Waals surface area contributed by atoms with Crippen LogP contribution in [0, 0.1) is 6.92 Å². The first kappa shape index (κ1) is 12.9. The molecule has 0 fully saturated rings. The predicted molar refractivity (Wildman–Crippen MR) is 82.5 cm³/mol. The van der Waals surface area contributed by atoms with Crippen molar-refractivity contribution in [2.24, 2.45) is 0 Å². The number of hydrogen-bond donors (Lipinski definition) is 1. The Morgan fingerprint density at radius 1 is 1.25 bits per heavy atom. The number of nitrogens with zero attached hydrogens (tertiary/aromatic N) is 2. The standard InChI is InChI=1S/C15H15N3OS/c1-10-18-11(9-20-10)8-17-15-13-4-3-5-14(19-2)12(13)6-7-16-15/h3-7,9H,8H2,1-2H3,(H,16,17). The first-order valence-corrected chi connectivity index (χ1v) is 7.22. The van der Waals surface area contributed by atoms with Crippen LogP contribution in [0.2, 0.25) is 0 Å². The highest BCUT2D eigenvalue weighted by atomic mass is 32.1. The number of aryl methyl sites for hydroxylation is 1. The lowest BCUT2D eigenvalue weighted by atomic mass is 10.1. The third-order valence-electron chi connectivity index (χ3n) is 3.09. The van der Waals surface area contributed by atoms with Gasteiger partial charge in [0.1, 0.15) is 11.6 Å². The summed E-state index contributed by atoms with van der Waals surface area (Å²) in [5.74, 6) is 1.71. The smallest absolute Gasteiger partial charge is 0.134 e.